The number of aromatic nitrogens is 3. The van der Waals surface area contributed by atoms with Gasteiger partial charge in [-0.05, 0) is 61.6 Å². The number of rotatable bonds is 5. The quantitative estimate of drug-likeness (QED) is 0.282. The largest absolute Gasteiger partial charge is 0.508 e. The number of nitrogens with zero attached hydrogens (tertiary/aromatic N) is 5. The monoisotopic (exact) mass is 630 g/mol. The Hall–Kier alpha value is -3.70. The van der Waals surface area contributed by atoms with Gasteiger partial charge in [0.15, 0.2) is 5.82 Å². The van der Waals surface area contributed by atoms with E-state index in [4.69, 9.17) is 9.72 Å². The van der Waals surface area contributed by atoms with E-state index in [0.29, 0.717) is 66.7 Å². The number of ether oxygens (including phenoxy) is 1. The number of anilines is 1. The molecule has 2 aromatic heterocycles. The summed E-state index contributed by atoms with van der Waals surface area (Å²) in [6.45, 7) is 2.08. The summed E-state index contributed by atoms with van der Waals surface area (Å²) in [5, 5.41) is 15.1. The average Bonchev–Trinajstić information content (AvgIpc) is 3.66. The van der Waals surface area contributed by atoms with Crippen LogP contribution in [0.2, 0.25) is 0 Å². The summed E-state index contributed by atoms with van der Waals surface area (Å²) in [5.41, 5.74) is -0.382. The first-order chi connectivity index (χ1) is 22.3. The second-order valence-electron chi connectivity index (χ2n) is 14.2. The number of hydrogen-bond donors (Lipinski definition) is 2. The van der Waals surface area contributed by atoms with Crippen LogP contribution in [0.15, 0.2) is 36.5 Å². The number of fused-ring (bicyclic) bond motifs is 7. The molecule has 240 valence electrons. The van der Waals surface area contributed by atoms with Gasteiger partial charge in [0.1, 0.15) is 41.4 Å². The molecule has 5 aliphatic rings. The van der Waals surface area contributed by atoms with Crippen molar-refractivity contribution in [1.29, 1.82) is 0 Å². The molecule has 2 aromatic carbocycles. The van der Waals surface area contributed by atoms with Crippen LogP contribution < -0.4 is 15.0 Å². The van der Waals surface area contributed by atoms with Crippen LogP contribution in [0.4, 0.5) is 19.0 Å². The second-order valence-corrected chi connectivity index (χ2v) is 14.2. The van der Waals surface area contributed by atoms with E-state index in [1.807, 2.05) is 0 Å². The summed E-state index contributed by atoms with van der Waals surface area (Å²) in [5.74, 6) is -0.316. The Morgan fingerprint density at radius 3 is 2.67 bits per heavy atom. The van der Waals surface area contributed by atoms with Crippen LogP contribution in [0, 0.1) is 17.6 Å². The predicted molar refractivity (Wildman–Crippen MR) is 169 cm³/mol. The van der Waals surface area contributed by atoms with Gasteiger partial charge in [-0.2, -0.15) is 9.97 Å². The summed E-state index contributed by atoms with van der Waals surface area (Å²) in [7, 11) is 0. The van der Waals surface area contributed by atoms with Gasteiger partial charge in [-0.25, -0.2) is 13.2 Å². The zero-order valence-electron chi connectivity index (χ0n) is 25.6. The number of aromatic hydroxyl groups is 1. The molecular weight excluding hydrogens is 593 g/mol. The highest BCUT2D eigenvalue weighted by Gasteiger charge is 2.57. The topological polar surface area (TPSA) is 86.6 Å². The maximum atomic E-state index is 16.7. The van der Waals surface area contributed by atoms with Crippen molar-refractivity contribution >= 4 is 27.5 Å². The van der Waals surface area contributed by atoms with Crippen LogP contribution >= 0.6 is 0 Å². The van der Waals surface area contributed by atoms with E-state index in [2.05, 4.69) is 25.1 Å². The van der Waals surface area contributed by atoms with Crippen molar-refractivity contribution in [3.8, 4) is 23.0 Å². The summed E-state index contributed by atoms with van der Waals surface area (Å²) in [6.07, 6.45) is 8.70. The molecule has 0 spiro atoms. The Kier molecular flexibility index (Phi) is 6.61. The first-order valence-electron chi connectivity index (χ1n) is 16.7. The third-order valence-corrected chi connectivity index (χ3v) is 11.3. The van der Waals surface area contributed by atoms with E-state index in [-0.39, 0.29) is 40.5 Å². The van der Waals surface area contributed by atoms with E-state index < -0.39 is 23.3 Å². The van der Waals surface area contributed by atoms with Gasteiger partial charge in [0, 0.05) is 61.3 Å². The minimum atomic E-state index is -0.903. The number of pyridine rings is 1. The zero-order valence-corrected chi connectivity index (χ0v) is 25.6. The number of piperazine rings is 1. The van der Waals surface area contributed by atoms with Crippen LogP contribution in [0.5, 0.6) is 11.8 Å². The summed E-state index contributed by atoms with van der Waals surface area (Å²) >= 11 is 0. The highest BCUT2D eigenvalue weighted by Crippen LogP contribution is 2.51. The number of hydrogen-bond acceptors (Lipinski definition) is 8. The van der Waals surface area contributed by atoms with Gasteiger partial charge in [0.2, 0.25) is 0 Å². The normalized spacial score (nSPS) is 30.7. The van der Waals surface area contributed by atoms with Gasteiger partial charge < -0.3 is 20.1 Å². The molecule has 2 N–H and O–H groups in total. The molecule has 9 rings (SSSR count). The molecule has 4 aliphatic heterocycles. The fourth-order valence-electron chi connectivity index (χ4n) is 9.45. The fourth-order valence-corrected chi connectivity index (χ4v) is 9.45. The van der Waals surface area contributed by atoms with Crippen molar-refractivity contribution in [1.82, 2.24) is 25.2 Å². The van der Waals surface area contributed by atoms with Gasteiger partial charge in [0.05, 0.1) is 10.9 Å². The predicted octanol–water partition coefficient (Wildman–Crippen LogP) is 5.89. The molecule has 4 aromatic rings. The lowest BCUT2D eigenvalue weighted by Gasteiger charge is -2.36. The van der Waals surface area contributed by atoms with E-state index >= 15 is 8.78 Å². The Balaban J connectivity index is 1.15. The first kappa shape index (κ1) is 28.5. The maximum Gasteiger partial charge on any atom is 0.319 e. The number of benzene rings is 2. The summed E-state index contributed by atoms with van der Waals surface area (Å²) < 4.78 is 53.2. The van der Waals surface area contributed by atoms with Crippen LogP contribution in [0.1, 0.15) is 51.4 Å². The molecule has 6 atom stereocenters. The van der Waals surface area contributed by atoms with Crippen LogP contribution in [0.25, 0.3) is 32.9 Å². The van der Waals surface area contributed by atoms with Gasteiger partial charge in [0.25, 0.3) is 0 Å². The molecule has 11 heteroatoms. The Bertz CT molecular complexity index is 1850. The second kappa shape index (κ2) is 10.7. The molecule has 5 fully saturated rings. The molecule has 6 unspecified atom stereocenters. The van der Waals surface area contributed by atoms with Gasteiger partial charge in [-0.15, -0.1) is 0 Å². The van der Waals surface area contributed by atoms with E-state index in [1.54, 1.807) is 18.3 Å². The Morgan fingerprint density at radius 2 is 1.83 bits per heavy atom. The number of halogens is 3. The lowest BCUT2D eigenvalue weighted by molar-refractivity contribution is 0.0775. The van der Waals surface area contributed by atoms with Crippen molar-refractivity contribution in [3.05, 3.63) is 48.2 Å². The van der Waals surface area contributed by atoms with Crippen molar-refractivity contribution < 1.29 is 23.0 Å². The van der Waals surface area contributed by atoms with Gasteiger partial charge in [-0.1, -0.05) is 25.0 Å². The van der Waals surface area contributed by atoms with Crippen molar-refractivity contribution in [3.63, 3.8) is 0 Å². The molecule has 8 nitrogen and oxygen atoms in total. The molecule has 1 saturated carbocycles. The average molecular weight is 631 g/mol. The lowest BCUT2D eigenvalue weighted by Crippen LogP contribution is -2.51. The third-order valence-electron chi connectivity index (χ3n) is 11.3. The zero-order chi connectivity index (χ0) is 31.2. The number of nitrogens with one attached hydrogen (secondary N) is 1. The molecular formula is C35H37F3N6O2. The lowest BCUT2D eigenvalue weighted by atomic mass is 9.81. The van der Waals surface area contributed by atoms with Crippen LogP contribution in [0.3, 0.4) is 0 Å². The van der Waals surface area contributed by atoms with Gasteiger partial charge >= 0.3 is 6.01 Å². The molecule has 4 saturated heterocycles. The number of alkyl halides is 1. The highest BCUT2D eigenvalue weighted by atomic mass is 19.1. The molecule has 0 amide bonds. The van der Waals surface area contributed by atoms with Crippen molar-refractivity contribution in [2.45, 2.75) is 81.2 Å². The molecule has 0 radical (unpaired) electrons. The Labute approximate surface area is 265 Å². The standard InChI is InChI=1S/C35H37F3N6O2/c36-21-13-35(12-20-4-1-2-7-28(20)44(35)15-21)18-46-34-41-32-26(33(42-34)43-16-22-8-9-23(17-43)40-22)14-39-31(30(32)38)25-11-24(45)10-19-5-3-6-27(37)29(19)25/h3,5-6,10-11,14,20-23,28,40,45H,1-2,4,7-9,12-13,15-18H2. The van der Waals surface area contributed by atoms with Crippen molar-refractivity contribution in [2.75, 3.05) is 31.1 Å². The molecule has 1 aliphatic carbocycles. The van der Waals surface area contributed by atoms with Crippen molar-refractivity contribution in [2.24, 2.45) is 5.92 Å². The third kappa shape index (κ3) is 4.52. The summed E-state index contributed by atoms with van der Waals surface area (Å²) in [4.78, 5) is 18.5. The Morgan fingerprint density at radius 1 is 1.00 bits per heavy atom. The highest BCUT2D eigenvalue weighted by molar-refractivity contribution is 6.00. The summed E-state index contributed by atoms with van der Waals surface area (Å²) in [6, 6.07) is 8.33. The SMILES string of the molecule is Oc1cc(-c2ncc3c(N4CC5CCC(C4)N5)nc(OCC45CC(F)CN4C4CCCCC4C5)nc3c2F)c2c(F)cccc2c1. The first-order valence-corrected chi connectivity index (χ1v) is 16.7. The number of phenols is 1. The molecule has 46 heavy (non-hydrogen) atoms. The van der Waals surface area contributed by atoms with E-state index in [0.717, 1.165) is 32.1 Å². The van der Waals surface area contributed by atoms with E-state index in [9.17, 15) is 9.50 Å². The molecule has 6 heterocycles. The van der Waals surface area contributed by atoms with Gasteiger partial charge in [-0.3, -0.25) is 9.88 Å². The van der Waals surface area contributed by atoms with Crippen LogP contribution in [-0.4, -0.2) is 81.0 Å². The minimum absolute atomic E-state index is 0.0212. The smallest absolute Gasteiger partial charge is 0.319 e. The molecule has 2 bridgehead atoms. The maximum absolute atomic E-state index is 16.7. The van der Waals surface area contributed by atoms with E-state index in [1.165, 1.54) is 31.0 Å². The fraction of sp³-hybridized carbons (Fsp3) is 0.514. The number of phenolic OH excluding ortho intramolecular Hbond substituents is 1. The minimum Gasteiger partial charge on any atom is -0.508 e. The van der Waals surface area contributed by atoms with Crippen LogP contribution in [-0.2, 0) is 0 Å².